The molecule has 1 aromatic carbocycles. The van der Waals surface area contributed by atoms with Crippen LogP contribution < -0.4 is 16.2 Å². The van der Waals surface area contributed by atoms with Gasteiger partial charge in [-0.05, 0) is 31.1 Å². The Morgan fingerprint density at radius 1 is 1.28 bits per heavy atom. The normalized spacial score (nSPS) is 9.39. The van der Waals surface area contributed by atoms with Gasteiger partial charge in [0, 0.05) is 6.54 Å². The number of nitrogens with one attached hydrogen (secondary N) is 3. The van der Waals surface area contributed by atoms with Crippen molar-refractivity contribution in [3.8, 4) is 0 Å². The van der Waals surface area contributed by atoms with E-state index >= 15 is 0 Å². The van der Waals surface area contributed by atoms with E-state index in [1.807, 2.05) is 18.2 Å². The van der Waals surface area contributed by atoms with Crippen molar-refractivity contribution in [1.29, 1.82) is 0 Å². The fourth-order valence-corrected chi connectivity index (χ4v) is 1.44. The lowest BCUT2D eigenvalue weighted by Gasteiger charge is -2.11. The van der Waals surface area contributed by atoms with Crippen LogP contribution in [-0.4, -0.2) is 24.4 Å². The Kier molecular flexibility index (Phi) is 6.56. The van der Waals surface area contributed by atoms with Crippen LogP contribution in [0.2, 0.25) is 0 Å². The van der Waals surface area contributed by atoms with Crippen LogP contribution in [0.25, 0.3) is 0 Å². The van der Waals surface area contributed by atoms with E-state index in [1.54, 1.807) is 6.92 Å². The van der Waals surface area contributed by atoms with Gasteiger partial charge in [-0.15, -0.1) is 0 Å². The zero-order valence-electron chi connectivity index (χ0n) is 10.2. The molecule has 6 heteroatoms. The maximum atomic E-state index is 11.0. The van der Waals surface area contributed by atoms with Gasteiger partial charge < -0.3 is 10.1 Å². The molecular weight excluding hydrogens is 250 g/mol. The summed E-state index contributed by atoms with van der Waals surface area (Å²) in [5.41, 5.74) is 6.09. The third kappa shape index (κ3) is 6.05. The first-order valence-corrected chi connectivity index (χ1v) is 6.13. The Balaban J connectivity index is 2.12. The molecule has 1 rings (SSSR count). The number of thiocarbonyl (C=S) groups is 1. The van der Waals surface area contributed by atoms with E-state index in [2.05, 4.69) is 33.0 Å². The molecule has 98 valence electrons. The third-order valence-electron chi connectivity index (χ3n) is 2.10. The summed E-state index contributed by atoms with van der Waals surface area (Å²) in [4.78, 5) is 11.0. The number of hydrazine groups is 1. The van der Waals surface area contributed by atoms with E-state index in [0.29, 0.717) is 18.3 Å². The van der Waals surface area contributed by atoms with Crippen molar-refractivity contribution in [2.75, 3.05) is 13.2 Å². The first-order chi connectivity index (χ1) is 8.72. The maximum Gasteiger partial charge on any atom is 0.425 e. The lowest BCUT2D eigenvalue weighted by atomic mass is 10.1. The van der Waals surface area contributed by atoms with Crippen molar-refractivity contribution in [1.82, 2.24) is 16.2 Å². The third-order valence-corrected chi connectivity index (χ3v) is 2.34. The van der Waals surface area contributed by atoms with Crippen LogP contribution in [0.15, 0.2) is 30.3 Å². The van der Waals surface area contributed by atoms with E-state index in [-0.39, 0.29) is 0 Å². The molecule has 0 unspecified atom stereocenters. The van der Waals surface area contributed by atoms with E-state index in [4.69, 9.17) is 12.2 Å². The minimum Gasteiger partial charge on any atom is -0.449 e. The monoisotopic (exact) mass is 267 g/mol. The fraction of sp³-hybridized carbons (Fsp3) is 0.333. The van der Waals surface area contributed by atoms with Gasteiger partial charge in [0.1, 0.15) is 0 Å². The van der Waals surface area contributed by atoms with Crippen molar-refractivity contribution in [2.45, 2.75) is 13.3 Å². The number of amides is 1. The Bertz CT molecular complexity index is 384. The standard InChI is InChI=1S/C12H17N3O2S/c1-2-17-12(16)15-14-11(18)13-9-8-10-6-4-3-5-7-10/h3-7H,2,8-9H2,1H3,(H,15,16)(H2,13,14,18). The van der Waals surface area contributed by atoms with Crippen molar-refractivity contribution in [2.24, 2.45) is 0 Å². The minimum atomic E-state index is -0.551. The Morgan fingerprint density at radius 2 is 2.00 bits per heavy atom. The predicted molar refractivity (Wildman–Crippen MR) is 74.0 cm³/mol. The highest BCUT2D eigenvalue weighted by Gasteiger charge is 2.00. The molecule has 0 aliphatic heterocycles. The quantitative estimate of drug-likeness (QED) is 0.568. The summed E-state index contributed by atoms with van der Waals surface area (Å²) >= 11 is 4.98. The Hall–Kier alpha value is -1.82. The number of benzene rings is 1. The zero-order chi connectivity index (χ0) is 13.2. The van der Waals surface area contributed by atoms with Crippen molar-refractivity contribution in [3.63, 3.8) is 0 Å². The van der Waals surface area contributed by atoms with Gasteiger partial charge in [-0.1, -0.05) is 30.3 Å². The second-order valence-electron chi connectivity index (χ2n) is 3.46. The summed E-state index contributed by atoms with van der Waals surface area (Å²) in [6.45, 7) is 2.75. The summed E-state index contributed by atoms with van der Waals surface area (Å²) in [5, 5.41) is 3.34. The highest BCUT2D eigenvalue weighted by molar-refractivity contribution is 7.80. The number of hydrogen-bond donors (Lipinski definition) is 3. The van der Waals surface area contributed by atoms with Crippen LogP contribution in [0.4, 0.5) is 4.79 Å². The molecule has 0 atom stereocenters. The lowest BCUT2D eigenvalue weighted by molar-refractivity contribution is 0.150. The topological polar surface area (TPSA) is 62.4 Å². The van der Waals surface area contributed by atoms with Crippen LogP contribution in [0.3, 0.4) is 0 Å². The molecular formula is C12H17N3O2S. The van der Waals surface area contributed by atoms with Crippen molar-refractivity contribution < 1.29 is 9.53 Å². The fourth-order valence-electron chi connectivity index (χ4n) is 1.28. The highest BCUT2D eigenvalue weighted by Crippen LogP contribution is 1.97. The van der Waals surface area contributed by atoms with Crippen LogP contribution in [0, 0.1) is 0 Å². The molecule has 0 bridgehead atoms. The summed E-state index contributed by atoms with van der Waals surface area (Å²) in [5.74, 6) is 0. The van der Waals surface area contributed by atoms with Gasteiger partial charge in [0.25, 0.3) is 0 Å². The Labute approximate surface area is 112 Å². The lowest BCUT2D eigenvalue weighted by Crippen LogP contribution is -2.47. The molecule has 1 amide bonds. The van der Waals surface area contributed by atoms with Crippen molar-refractivity contribution in [3.05, 3.63) is 35.9 Å². The largest absolute Gasteiger partial charge is 0.449 e. The van der Waals surface area contributed by atoms with Crippen LogP contribution in [0.1, 0.15) is 12.5 Å². The van der Waals surface area contributed by atoms with Gasteiger partial charge in [-0.25, -0.2) is 10.2 Å². The second kappa shape index (κ2) is 8.30. The molecule has 18 heavy (non-hydrogen) atoms. The summed E-state index contributed by atoms with van der Waals surface area (Å²) in [6.07, 6.45) is 0.312. The molecule has 0 saturated carbocycles. The molecule has 0 aliphatic carbocycles. The van der Waals surface area contributed by atoms with E-state index < -0.39 is 6.09 Å². The molecule has 0 heterocycles. The molecule has 0 aromatic heterocycles. The van der Waals surface area contributed by atoms with Crippen LogP contribution in [-0.2, 0) is 11.2 Å². The first-order valence-electron chi connectivity index (χ1n) is 5.73. The molecule has 0 fully saturated rings. The van der Waals surface area contributed by atoms with Crippen LogP contribution in [0.5, 0.6) is 0 Å². The van der Waals surface area contributed by atoms with E-state index in [0.717, 1.165) is 6.42 Å². The Morgan fingerprint density at radius 3 is 2.67 bits per heavy atom. The average molecular weight is 267 g/mol. The highest BCUT2D eigenvalue weighted by atomic mass is 32.1. The predicted octanol–water partition coefficient (Wildman–Crippen LogP) is 1.35. The number of ether oxygens (including phenoxy) is 1. The molecule has 0 aliphatic rings. The summed E-state index contributed by atoms with van der Waals surface area (Å²) in [6, 6.07) is 10.1. The SMILES string of the molecule is CCOC(=O)NNC(=S)NCCc1ccccc1. The summed E-state index contributed by atoms with van der Waals surface area (Å²) < 4.78 is 4.67. The molecule has 3 N–H and O–H groups in total. The van der Waals surface area contributed by atoms with Crippen molar-refractivity contribution >= 4 is 23.4 Å². The van der Waals surface area contributed by atoms with Gasteiger partial charge in [0.2, 0.25) is 0 Å². The maximum absolute atomic E-state index is 11.0. The number of hydrogen-bond acceptors (Lipinski definition) is 3. The van der Waals surface area contributed by atoms with E-state index in [1.165, 1.54) is 5.56 Å². The first kappa shape index (κ1) is 14.2. The molecule has 1 aromatic rings. The molecule has 0 radical (unpaired) electrons. The number of carbonyl (C=O) groups excluding carboxylic acids is 1. The van der Waals surface area contributed by atoms with E-state index in [9.17, 15) is 4.79 Å². The van der Waals surface area contributed by atoms with Gasteiger partial charge in [0.15, 0.2) is 5.11 Å². The smallest absolute Gasteiger partial charge is 0.425 e. The van der Waals surface area contributed by atoms with Gasteiger partial charge in [-0.2, -0.15) is 0 Å². The zero-order valence-corrected chi connectivity index (χ0v) is 11.0. The minimum absolute atomic E-state index is 0.321. The second-order valence-corrected chi connectivity index (χ2v) is 3.87. The molecule has 0 saturated heterocycles. The van der Waals surface area contributed by atoms with Gasteiger partial charge >= 0.3 is 6.09 Å². The average Bonchev–Trinajstić information content (AvgIpc) is 2.38. The molecule has 0 spiro atoms. The number of rotatable bonds is 4. The van der Waals surface area contributed by atoms with Gasteiger partial charge in [-0.3, -0.25) is 5.43 Å². The number of carbonyl (C=O) groups is 1. The molecule has 5 nitrogen and oxygen atoms in total. The summed E-state index contributed by atoms with van der Waals surface area (Å²) in [7, 11) is 0. The van der Waals surface area contributed by atoms with Crippen LogP contribution >= 0.6 is 12.2 Å². The van der Waals surface area contributed by atoms with Gasteiger partial charge in [0.05, 0.1) is 6.61 Å².